The number of carbonyl (C=O) groups is 2. The van der Waals surface area contributed by atoms with Crippen molar-refractivity contribution in [2.24, 2.45) is 0 Å². The molecule has 2 aliphatic rings. The summed E-state index contributed by atoms with van der Waals surface area (Å²) in [4.78, 5) is 25.2. The zero-order valence-electron chi connectivity index (χ0n) is 14.8. The number of amides is 1. The predicted molar refractivity (Wildman–Crippen MR) is 100 cm³/mol. The van der Waals surface area contributed by atoms with Crippen LogP contribution in [0.2, 0.25) is 0 Å². The summed E-state index contributed by atoms with van der Waals surface area (Å²) in [5, 5.41) is 8.86. The summed E-state index contributed by atoms with van der Waals surface area (Å²) in [5.41, 5.74) is 5.55. The Morgan fingerprint density at radius 2 is 1.96 bits per heavy atom. The van der Waals surface area contributed by atoms with Crippen molar-refractivity contribution >= 4 is 11.9 Å². The largest absolute Gasteiger partial charge is 0.481 e. The lowest BCUT2D eigenvalue weighted by Gasteiger charge is -2.43. The molecule has 1 aliphatic heterocycles. The lowest BCUT2D eigenvalue weighted by molar-refractivity contribution is -0.141. The molecule has 1 fully saturated rings. The topological polar surface area (TPSA) is 57.6 Å². The quantitative estimate of drug-likeness (QED) is 0.797. The van der Waals surface area contributed by atoms with E-state index in [0.29, 0.717) is 13.0 Å². The maximum Gasteiger partial charge on any atom is 0.303 e. The number of fused-ring (bicyclic) bond motifs is 1. The maximum absolute atomic E-state index is 12.6. The van der Waals surface area contributed by atoms with Crippen LogP contribution in [0.1, 0.15) is 32.6 Å². The molecule has 1 amide bonds. The normalized spacial score (nSPS) is 21.9. The monoisotopic (exact) mass is 339 g/mol. The lowest BCUT2D eigenvalue weighted by Crippen LogP contribution is -2.47. The van der Waals surface area contributed by atoms with Gasteiger partial charge in [-0.15, -0.1) is 0 Å². The molecular weight excluding hydrogens is 314 g/mol. The fourth-order valence-corrected chi connectivity index (χ4v) is 3.76. The van der Waals surface area contributed by atoms with Crippen molar-refractivity contribution in [1.29, 1.82) is 0 Å². The van der Waals surface area contributed by atoms with E-state index in [1.165, 1.54) is 5.57 Å². The number of rotatable bonds is 6. The van der Waals surface area contributed by atoms with Gasteiger partial charge in [0.05, 0.1) is 12.5 Å². The van der Waals surface area contributed by atoms with Crippen molar-refractivity contribution in [2.45, 2.75) is 38.6 Å². The van der Waals surface area contributed by atoms with E-state index in [9.17, 15) is 9.59 Å². The van der Waals surface area contributed by atoms with Gasteiger partial charge in [-0.1, -0.05) is 44.0 Å². The van der Waals surface area contributed by atoms with Crippen molar-refractivity contribution in [1.82, 2.24) is 4.90 Å². The van der Waals surface area contributed by atoms with Gasteiger partial charge in [-0.2, -0.15) is 0 Å². The van der Waals surface area contributed by atoms with Gasteiger partial charge in [-0.25, -0.2) is 0 Å². The van der Waals surface area contributed by atoms with E-state index in [1.807, 2.05) is 30.1 Å². The van der Waals surface area contributed by atoms with E-state index in [4.69, 9.17) is 5.11 Å². The summed E-state index contributed by atoms with van der Waals surface area (Å²) in [5.74, 6) is -1.06. The number of piperidine rings is 1. The minimum Gasteiger partial charge on any atom is -0.481 e. The minimum atomic E-state index is -0.950. The lowest BCUT2D eigenvalue weighted by atomic mass is 9.76. The summed E-state index contributed by atoms with van der Waals surface area (Å²) in [6.45, 7) is 14.3. The van der Waals surface area contributed by atoms with Gasteiger partial charge in [-0.3, -0.25) is 9.59 Å². The first-order valence-corrected chi connectivity index (χ1v) is 8.47. The Balaban J connectivity index is 2.46. The van der Waals surface area contributed by atoms with Gasteiger partial charge in [0.2, 0.25) is 5.91 Å². The van der Waals surface area contributed by atoms with Gasteiger partial charge in [0.25, 0.3) is 0 Å². The summed E-state index contributed by atoms with van der Waals surface area (Å²) in [7, 11) is 0. The summed E-state index contributed by atoms with van der Waals surface area (Å²) in [6, 6.07) is -0.0852. The molecule has 1 N–H and O–H groups in total. The van der Waals surface area contributed by atoms with Gasteiger partial charge in [0, 0.05) is 13.0 Å². The van der Waals surface area contributed by atoms with Crippen molar-refractivity contribution in [3.05, 3.63) is 71.9 Å². The van der Waals surface area contributed by atoms with Crippen LogP contribution in [-0.4, -0.2) is 34.5 Å². The molecule has 0 aromatic rings. The summed E-state index contributed by atoms with van der Waals surface area (Å²) < 4.78 is 0. The number of carboxylic acid groups (broad SMARTS) is 1. The standard InChI is InChI=1S/C21H25NO3/c1-5-8-16-11-12-22(19(23)9-10-20(24)25)18-13-15(6-2)17(7-3)14(4)21(16)18/h5-8,18H,1-3,9-13H2,4H3,(H,24,25)/b16-8-. The first kappa shape index (κ1) is 18.7. The molecule has 25 heavy (non-hydrogen) atoms. The Hall–Kier alpha value is -2.62. The van der Waals surface area contributed by atoms with Crippen LogP contribution >= 0.6 is 0 Å². The van der Waals surface area contributed by atoms with Gasteiger partial charge in [0.1, 0.15) is 0 Å². The molecule has 4 heteroatoms. The average molecular weight is 339 g/mol. The Kier molecular flexibility index (Phi) is 5.97. The highest BCUT2D eigenvalue weighted by Gasteiger charge is 2.36. The molecule has 0 aromatic heterocycles. The fourth-order valence-electron chi connectivity index (χ4n) is 3.76. The van der Waals surface area contributed by atoms with Crippen molar-refractivity contribution < 1.29 is 14.7 Å². The molecule has 0 bridgehead atoms. The van der Waals surface area contributed by atoms with Crippen LogP contribution in [-0.2, 0) is 9.59 Å². The third-order valence-corrected chi connectivity index (χ3v) is 4.89. The third-order valence-electron chi connectivity index (χ3n) is 4.89. The summed E-state index contributed by atoms with van der Waals surface area (Å²) >= 11 is 0. The average Bonchev–Trinajstić information content (AvgIpc) is 2.59. The zero-order chi connectivity index (χ0) is 18.6. The number of hydrogen-bond donors (Lipinski definition) is 1. The first-order valence-electron chi connectivity index (χ1n) is 8.47. The molecule has 1 unspecified atom stereocenters. The van der Waals surface area contributed by atoms with Crippen molar-refractivity contribution in [3.8, 4) is 0 Å². The van der Waals surface area contributed by atoms with E-state index >= 15 is 0 Å². The second-order valence-electron chi connectivity index (χ2n) is 6.26. The molecule has 1 saturated heterocycles. The van der Waals surface area contributed by atoms with Crippen LogP contribution in [0.3, 0.4) is 0 Å². The molecule has 132 valence electrons. The van der Waals surface area contributed by atoms with Crippen molar-refractivity contribution in [2.75, 3.05) is 6.54 Å². The Labute approximate surface area is 149 Å². The molecule has 1 atom stereocenters. The van der Waals surface area contributed by atoms with Crippen LogP contribution in [0.5, 0.6) is 0 Å². The Morgan fingerprint density at radius 3 is 2.52 bits per heavy atom. The molecule has 4 nitrogen and oxygen atoms in total. The molecular formula is C21H25NO3. The number of hydrogen-bond acceptors (Lipinski definition) is 2. The van der Waals surface area contributed by atoms with E-state index in [1.54, 1.807) is 6.08 Å². The van der Waals surface area contributed by atoms with E-state index in [0.717, 1.165) is 28.7 Å². The van der Waals surface area contributed by atoms with Gasteiger partial charge in [0.15, 0.2) is 0 Å². The van der Waals surface area contributed by atoms with E-state index in [-0.39, 0.29) is 24.8 Å². The van der Waals surface area contributed by atoms with Crippen LogP contribution in [0.4, 0.5) is 0 Å². The third kappa shape index (κ3) is 3.73. The van der Waals surface area contributed by atoms with Gasteiger partial charge < -0.3 is 10.0 Å². The van der Waals surface area contributed by atoms with Crippen LogP contribution in [0, 0.1) is 0 Å². The van der Waals surface area contributed by atoms with Gasteiger partial charge >= 0.3 is 5.97 Å². The number of nitrogens with zero attached hydrogens (tertiary/aromatic N) is 1. The molecule has 0 radical (unpaired) electrons. The zero-order valence-corrected chi connectivity index (χ0v) is 14.8. The van der Waals surface area contributed by atoms with Gasteiger partial charge in [-0.05, 0) is 47.6 Å². The number of likely N-dealkylation sites (tertiary alicyclic amines) is 1. The molecule has 0 aromatic carbocycles. The molecule has 2 rings (SSSR count). The highest BCUT2D eigenvalue weighted by atomic mass is 16.4. The highest BCUT2D eigenvalue weighted by Crippen LogP contribution is 2.41. The smallest absolute Gasteiger partial charge is 0.303 e. The minimum absolute atomic E-state index is 0.0279. The highest BCUT2D eigenvalue weighted by molar-refractivity contribution is 5.82. The number of aliphatic carboxylic acids is 1. The second kappa shape index (κ2) is 7.97. The molecule has 0 spiro atoms. The first-order chi connectivity index (χ1) is 11.9. The molecule has 0 saturated carbocycles. The molecule has 1 heterocycles. The fraction of sp³-hybridized carbons (Fsp3) is 0.333. The Bertz CT molecular complexity index is 721. The number of allylic oxidation sites excluding steroid dienone is 6. The van der Waals surface area contributed by atoms with Crippen LogP contribution < -0.4 is 0 Å². The SMILES string of the molecule is C=C/C=C1/CCN(C(=O)CCC(=O)O)C2CC(C=C)=C(C=C)C(C)=C12. The van der Waals surface area contributed by atoms with E-state index < -0.39 is 5.97 Å². The number of carbonyl (C=O) groups excluding carboxylic acids is 1. The summed E-state index contributed by atoms with van der Waals surface area (Å²) in [6.07, 6.45) is 8.73. The van der Waals surface area contributed by atoms with Crippen LogP contribution in [0.15, 0.2) is 71.9 Å². The van der Waals surface area contributed by atoms with Crippen molar-refractivity contribution in [3.63, 3.8) is 0 Å². The van der Waals surface area contributed by atoms with E-state index in [2.05, 4.69) is 19.7 Å². The molecule has 1 aliphatic carbocycles. The maximum atomic E-state index is 12.6. The van der Waals surface area contributed by atoms with Crippen LogP contribution in [0.25, 0.3) is 0 Å². The second-order valence-corrected chi connectivity index (χ2v) is 6.26. The Morgan fingerprint density at radius 1 is 1.24 bits per heavy atom. The predicted octanol–water partition coefficient (Wildman–Crippen LogP) is 3.95. The number of carboxylic acids is 1.